The van der Waals surface area contributed by atoms with Crippen molar-refractivity contribution in [2.24, 2.45) is 11.3 Å². The molecule has 116 valence electrons. The van der Waals surface area contributed by atoms with Gasteiger partial charge in [-0.3, -0.25) is 9.69 Å². The van der Waals surface area contributed by atoms with Gasteiger partial charge in [0.2, 0.25) is 0 Å². The van der Waals surface area contributed by atoms with Crippen molar-refractivity contribution >= 4 is 29.2 Å². The van der Waals surface area contributed by atoms with E-state index in [2.05, 4.69) is 11.8 Å². The van der Waals surface area contributed by atoms with Crippen LogP contribution in [0, 0.1) is 11.3 Å². The molecule has 1 saturated heterocycles. The van der Waals surface area contributed by atoms with E-state index < -0.39 is 11.4 Å². The standard InChI is InChI=1S/C16H21Cl2NO2/c1-10(2)16(15(20)21)6-7-19(9-16)11(3)13-8-12(17)4-5-14(13)18/h4-5,8,10-11H,6-7,9H2,1-3H3,(H,20,21). The Hall–Kier alpha value is -0.770. The minimum atomic E-state index is -0.704. The molecule has 1 aliphatic rings. The van der Waals surface area contributed by atoms with Gasteiger partial charge < -0.3 is 5.11 Å². The van der Waals surface area contributed by atoms with Crippen molar-refractivity contribution in [1.29, 1.82) is 0 Å². The van der Waals surface area contributed by atoms with Gasteiger partial charge in [0.05, 0.1) is 5.41 Å². The third-order valence-electron chi connectivity index (χ3n) is 4.82. The Kier molecular flexibility index (Phi) is 4.86. The summed E-state index contributed by atoms with van der Waals surface area (Å²) in [4.78, 5) is 13.9. The van der Waals surface area contributed by atoms with Crippen LogP contribution in [-0.4, -0.2) is 29.1 Å². The van der Waals surface area contributed by atoms with Gasteiger partial charge in [0.25, 0.3) is 0 Å². The molecule has 2 rings (SSSR count). The van der Waals surface area contributed by atoms with Crippen LogP contribution in [0.4, 0.5) is 0 Å². The van der Waals surface area contributed by atoms with Crippen LogP contribution in [-0.2, 0) is 4.79 Å². The molecule has 5 heteroatoms. The van der Waals surface area contributed by atoms with E-state index >= 15 is 0 Å². The Balaban J connectivity index is 2.24. The first kappa shape index (κ1) is 16.6. The first-order chi connectivity index (χ1) is 9.78. The highest BCUT2D eigenvalue weighted by Crippen LogP contribution is 2.42. The maximum atomic E-state index is 11.7. The summed E-state index contributed by atoms with van der Waals surface area (Å²) < 4.78 is 0. The molecule has 0 aliphatic carbocycles. The van der Waals surface area contributed by atoms with E-state index in [9.17, 15) is 9.90 Å². The van der Waals surface area contributed by atoms with Crippen molar-refractivity contribution in [2.75, 3.05) is 13.1 Å². The van der Waals surface area contributed by atoms with Crippen molar-refractivity contribution < 1.29 is 9.90 Å². The number of carbonyl (C=O) groups is 1. The van der Waals surface area contributed by atoms with Gasteiger partial charge in [0.1, 0.15) is 0 Å². The van der Waals surface area contributed by atoms with Gasteiger partial charge in [-0.25, -0.2) is 0 Å². The molecule has 1 aromatic rings. The highest BCUT2D eigenvalue weighted by Gasteiger charge is 2.48. The quantitative estimate of drug-likeness (QED) is 0.884. The number of nitrogens with zero attached hydrogens (tertiary/aromatic N) is 1. The predicted molar refractivity (Wildman–Crippen MR) is 86.0 cm³/mol. The van der Waals surface area contributed by atoms with Crippen LogP contribution in [0.25, 0.3) is 0 Å². The molecule has 0 bridgehead atoms. The van der Waals surface area contributed by atoms with E-state index in [1.807, 2.05) is 19.9 Å². The Morgan fingerprint density at radius 3 is 2.52 bits per heavy atom. The minimum Gasteiger partial charge on any atom is -0.481 e. The first-order valence-electron chi connectivity index (χ1n) is 7.20. The Labute approximate surface area is 135 Å². The predicted octanol–water partition coefficient (Wildman–Crippen LogP) is 4.49. The van der Waals surface area contributed by atoms with Gasteiger partial charge in [-0.15, -0.1) is 0 Å². The molecule has 2 atom stereocenters. The van der Waals surface area contributed by atoms with E-state index in [1.54, 1.807) is 12.1 Å². The number of carboxylic acid groups (broad SMARTS) is 1. The monoisotopic (exact) mass is 329 g/mol. The molecule has 2 unspecified atom stereocenters. The summed E-state index contributed by atoms with van der Waals surface area (Å²) in [7, 11) is 0. The highest BCUT2D eigenvalue weighted by atomic mass is 35.5. The number of likely N-dealkylation sites (tertiary alicyclic amines) is 1. The number of hydrogen-bond acceptors (Lipinski definition) is 2. The molecular weight excluding hydrogens is 309 g/mol. The second-order valence-corrected chi connectivity index (χ2v) is 7.02. The molecule has 0 spiro atoms. The topological polar surface area (TPSA) is 40.5 Å². The summed E-state index contributed by atoms with van der Waals surface area (Å²) in [6.07, 6.45) is 0.669. The maximum Gasteiger partial charge on any atom is 0.311 e. The average Bonchev–Trinajstić information content (AvgIpc) is 2.87. The second kappa shape index (κ2) is 6.15. The third kappa shape index (κ3) is 3.05. The number of halogens is 2. The number of aliphatic carboxylic acids is 1. The fourth-order valence-electron chi connectivity index (χ4n) is 3.12. The van der Waals surface area contributed by atoms with Gasteiger partial charge in [-0.1, -0.05) is 37.0 Å². The zero-order valence-corrected chi connectivity index (χ0v) is 14.1. The summed E-state index contributed by atoms with van der Waals surface area (Å²) >= 11 is 12.3. The van der Waals surface area contributed by atoms with Gasteiger partial charge in [0, 0.05) is 22.6 Å². The van der Waals surface area contributed by atoms with Crippen LogP contribution in [0.3, 0.4) is 0 Å². The third-order valence-corrected chi connectivity index (χ3v) is 5.40. The average molecular weight is 330 g/mol. The zero-order chi connectivity index (χ0) is 15.8. The van der Waals surface area contributed by atoms with Crippen LogP contribution in [0.15, 0.2) is 18.2 Å². The molecule has 0 aromatic heterocycles. The molecular formula is C16H21Cl2NO2. The van der Waals surface area contributed by atoms with E-state index in [4.69, 9.17) is 23.2 Å². The van der Waals surface area contributed by atoms with E-state index in [0.29, 0.717) is 23.0 Å². The number of hydrogen-bond donors (Lipinski definition) is 1. The van der Waals surface area contributed by atoms with Crippen molar-refractivity contribution in [3.63, 3.8) is 0 Å². The lowest BCUT2D eigenvalue weighted by molar-refractivity contribution is -0.151. The summed E-state index contributed by atoms with van der Waals surface area (Å²) in [5.41, 5.74) is 0.286. The molecule has 0 amide bonds. The smallest absolute Gasteiger partial charge is 0.311 e. The fraction of sp³-hybridized carbons (Fsp3) is 0.562. The highest BCUT2D eigenvalue weighted by molar-refractivity contribution is 6.33. The van der Waals surface area contributed by atoms with E-state index in [0.717, 1.165) is 12.1 Å². The van der Waals surface area contributed by atoms with Crippen molar-refractivity contribution in [2.45, 2.75) is 33.2 Å². The van der Waals surface area contributed by atoms with Gasteiger partial charge in [-0.05, 0) is 49.6 Å². The summed E-state index contributed by atoms with van der Waals surface area (Å²) in [6.45, 7) is 7.32. The minimum absolute atomic E-state index is 0.0520. The van der Waals surface area contributed by atoms with Gasteiger partial charge in [-0.2, -0.15) is 0 Å². The lowest BCUT2D eigenvalue weighted by atomic mass is 9.76. The SMILES string of the molecule is CC(c1cc(Cl)ccc1Cl)N1CCC(C(=O)O)(C(C)C)C1. The van der Waals surface area contributed by atoms with Crippen LogP contribution in [0.1, 0.15) is 38.8 Å². The molecule has 0 radical (unpaired) electrons. The number of rotatable bonds is 4. The molecule has 0 saturated carbocycles. The van der Waals surface area contributed by atoms with Crippen LogP contribution < -0.4 is 0 Å². The zero-order valence-electron chi connectivity index (χ0n) is 12.6. The van der Waals surface area contributed by atoms with Crippen LogP contribution in [0.2, 0.25) is 10.0 Å². The van der Waals surface area contributed by atoms with Crippen LogP contribution in [0.5, 0.6) is 0 Å². The van der Waals surface area contributed by atoms with Crippen LogP contribution >= 0.6 is 23.2 Å². The second-order valence-electron chi connectivity index (χ2n) is 6.18. The van der Waals surface area contributed by atoms with Crippen molar-refractivity contribution in [3.8, 4) is 0 Å². The molecule has 1 aliphatic heterocycles. The molecule has 1 N–H and O–H groups in total. The number of carboxylic acids is 1. The molecule has 1 heterocycles. The first-order valence-corrected chi connectivity index (χ1v) is 7.96. The molecule has 1 aromatic carbocycles. The van der Waals surface area contributed by atoms with Crippen molar-refractivity contribution in [1.82, 2.24) is 4.90 Å². The lowest BCUT2D eigenvalue weighted by Crippen LogP contribution is -2.39. The van der Waals surface area contributed by atoms with Crippen molar-refractivity contribution in [3.05, 3.63) is 33.8 Å². The normalized spacial score (nSPS) is 24.5. The maximum absolute atomic E-state index is 11.7. The molecule has 3 nitrogen and oxygen atoms in total. The lowest BCUT2D eigenvalue weighted by Gasteiger charge is -2.31. The summed E-state index contributed by atoms with van der Waals surface area (Å²) in [5, 5.41) is 10.9. The summed E-state index contributed by atoms with van der Waals surface area (Å²) in [5.74, 6) is -0.605. The van der Waals surface area contributed by atoms with E-state index in [-0.39, 0.29) is 12.0 Å². The molecule has 21 heavy (non-hydrogen) atoms. The van der Waals surface area contributed by atoms with Gasteiger partial charge in [0.15, 0.2) is 0 Å². The Morgan fingerprint density at radius 1 is 1.33 bits per heavy atom. The fourth-order valence-corrected chi connectivity index (χ4v) is 3.57. The summed E-state index contributed by atoms with van der Waals surface area (Å²) in [6, 6.07) is 5.47. The van der Waals surface area contributed by atoms with E-state index in [1.165, 1.54) is 0 Å². The Morgan fingerprint density at radius 2 is 2.00 bits per heavy atom. The molecule has 1 fully saturated rings. The number of benzene rings is 1. The Bertz CT molecular complexity index is 547. The largest absolute Gasteiger partial charge is 0.481 e. The van der Waals surface area contributed by atoms with Gasteiger partial charge >= 0.3 is 5.97 Å².